The molecular weight excluding hydrogens is 404 g/mol. The van der Waals surface area contributed by atoms with Gasteiger partial charge in [-0.25, -0.2) is 0 Å². The zero-order valence-electron chi connectivity index (χ0n) is 15.9. The second kappa shape index (κ2) is 7.94. The summed E-state index contributed by atoms with van der Waals surface area (Å²) < 4.78 is 1.02. The van der Waals surface area contributed by atoms with Crippen LogP contribution < -0.4 is 5.32 Å². The molecule has 0 unspecified atom stereocenters. The molecule has 1 heterocycles. The molecule has 3 fully saturated rings. The van der Waals surface area contributed by atoms with Crippen LogP contribution in [0.5, 0.6) is 0 Å². The standard InChI is InChI=1S/C22H29BrN2O2/c23-18-8-4-7-17(15-18)22(11-12-22)21(27)24-19-9-13-25(14-10-19)20(26)16-5-2-1-3-6-16/h4,7-8,15-16,19H,1-3,5-6,9-14H2,(H,24,27). The van der Waals surface area contributed by atoms with Crippen molar-refractivity contribution in [2.45, 2.75) is 69.2 Å². The smallest absolute Gasteiger partial charge is 0.230 e. The summed E-state index contributed by atoms with van der Waals surface area (Å²) in [7, 11) is 0. The Balaban J connectivity index is 1.30. The summed E-state index contributed by atoms with van der Waals surface area (Å²) in [5.74, 6) is 0.765. The molecule has 1 saturated heterocycles. The molecule has 2 aliphatic carbocycles. The van der Waals surface area contributed by atoms with Crippen molar-refractivity contribution in [2.75, 3.05) is 13.1 Å². The maximum Gasteiger partial charge on any atom is 0.230 e. The highest BCUT2D eigenvalue weighted by Crippen LogP contribution is 2.49. The van der Waals surface area contributed by atoms with Crippen LogP contribution in [0.1, 0.15) is 63.4 Å². The maximum absolute atomic E-state index is 13.0. The van der Waals surface area contributed by atoms with Crippen LogP contribution in [0.15, 0.2) is 28.7 Å². The van der Waals surface area contributed by atoms with Crippen LogP contribution >= 0.6 is 15.9 Å². The van der Waals surface area contributed by atoms with E-state index in [1.807, 2.05) is 17.0 Å². The van der Waals surface area contributed by atoms with Gasteiger partial charge < -0.3 is 10.2 Å². The molecule has 4 nitrogen and oxygen atoms in total. The van der Waals surface area contributed by atoms with Crippen molar-refractivity contribution in [3.63, 3.8) is 0 Å². The first-order valence-electron chi connectivity index (χ1n) is 10.4. The quantitative estimate of drug-likeness (QED) is 0.775. The minimum Gasteiger partial charge on any atom is -0.352 e. The van der Waals surface area contributed by atoms with E-state index in [-0.39, 0.29) is 23.3 Å². The number of likely N-dealkylation sites (tertiary alicyclic amines) is 1. The van der Waals surface area contributed by atoms with Crippen LogP contribution in [0.2, 0.25) is 0 Å². The lowest BCUT2D eigenvalue weighted by Crippen LogP contribution is -2.50. The third-order valence-corrected chi connectivity index (χ3v) is 7.15. The van der Waals surface area contributed by atoms with E-state index in [4.69, 9.17) is 0 Å². The number of amides is 2. The van der Waals surface area contributed by atoms with Gasteiger partial charge in [0.1, 0.15) is 0 Å². The third-order valence-electron chi connectivity index (χ3n) is 6.66. The van der Waals surface area contributed by atoms with Gasteiger partial charge >= 0.3 is 0 Å². The average Bonchev–Trinajstić information content (AvgIpc) is 3.51. The lowest BCUT2D eigenvalue weighted by Gasteiger charge is -2.36. The van der Waals surface area contributed by atoms with Crippen LogP contribution in [0, 0.1) is 5.92 Å². The van der Waals surface area contributed by atoms with Gasteiger partial charge in [-0.3, -0.25) is 9.59 Å². The second-order valence-corrected chi connectivity index (χ2v) is 9.42. The molecule has 0 atom stereocenters. The number of halogens is 1. The molecular formula is C22H29BrN2O2. The Labute approximate surface area is 170 Å². The highest BCUT2D eigenvalue weighted by Gasteiger charge is 2.51. The monoisotopic (exact) mass is 432 g/mol. The van der Waals surface area contributed by atoms with Gasteiger partial charge in [0.05, 0.1) is 5.41 Å². The molecule has 1 aromatic rings. The zero-order chi connectivity index (χ0) is 18.9. The topological polar surface area (TPSA) is 49.4 Å². The number of carbonyl (C=O) groups is 2. The van der Waals surface area contributed by atoms with E-state index in [0.717, 1.165) is 61.7 Å². The summed E-state index contributed by atoms with van der Waals surface area (Å²) in [5, 5.41) is 3.29. The molecule has 5 heteroatoms. The third kappa shape index (κ3) is 4.08. The van der Waals surface area contributed by atoms with E-state index in [9.17, 15) is 9.59 Å². The fraction of sp³-hybridized carbons (Fsp3) is 0.636. The number of hydrogen-bond donors (Lipinski definition) is 1. The highest BCUT2D eigenvalue weighted by atomic mass is 79.9. The largest absolute Gasteiger partial charge is 0.352 e. The Morgan fingerprint density at radius 2 is 1.74 bits per heavy atom. The molecule has 0 spiro atoms. The van der Waals surface area contributed by atoms with Gasteiger partial charge in [-0.1, -0.05) is 47.3 Å². The minimum atomic E-state index is -0.334. The van der Waals surface area contributed by atoms with Crippen molar-refractivity contribution in [3.05, 3.63) is 34.3 Å². The summed E-state index contributed by atoms with van der Waals surface area (Å²) in [4.78, 5) is 27.7. The molecule has 0 radical (unpaired) electrons. The summed E-state index contributed by atoms with van der Waals surface area (Å²) >= 11 is 3.51. The normalized spacial score (nSPS) is 23.1. The van der Waals surface area contributed by atoms with E-state index in [1.54, 1.807) is 0 Å². The number of piperidine rings is 1. The van der Waals surface area contributed by atoms with Gasteiger partial charge in [0.15, 0.2) is 0 Å². The lowest BCUT2D eigenvalue weighted by molar-refractivity contribution is -0.137. The molecule has 0 aromatic heterocycles. The Hall–Kier alpha value is -1.36. The summed E-state index contributed by atoms with van der Waals surface area (Å²) in [6.45, 7) is 1.56. The number of nitrogens with one attached hydrogen (secondary N) is 1. The number of nitrogens with zero attached hydrogens (tertiary/aromatic N) is 1. The number of benzene rings is 1. The van der Waals surface area contributed by atoms with Crippen LogP contribution in [-0.4, -0.2) is 35.8 Å². The van der Waals surface area contributed by atoms with Gasteiger partial charge in [-0.2, -0.15) is 0 Å². The van der Waals surface area contributed by atoms with Gasteiger partial charge in [-0.05, 0) is 56.2 Å². The van der Waals surface area contributed by atoms with E-state index in [2.05, 4.69) is 33.4 Å². The van der Waals surface area contributed by atoms with Gasteiger partial charge in [0, 0.05) is 29.5 Å². The fourth-order valence-corrected chi connectivity index (χ4v) is 5.13. The van der Waals surface area contributed by atoms with E-state index in [1.165, 1.54) is 19.3 Å². The van der Waals surface area contributed by atoms with Crippen LogP contribution in [0.25, 0.3) is 0 Å². The zero-order valence-corrected chi connectivity index (χ0v) is 17.5. The first-order valence-corrected chi connectivity index (χ1v) is 11.2. The predicted molar refractivity (Wildman–Crippen MR) is 109 cm³/mol. The van der Waals surface area contributed by atoms with Crippen molar-refractivity contribution >= 4 is 27.7 Å². The van der Waals surface area contributed by atoms with Gasteiger partial charge in [0.25, 0.3) is 0 Å². The average molecular weight is 433 g/mol. The van der Waals surface area contributed by atoms with E-state index < -0.39 is 0 Å². The molecule has 2 saturated carbocycles. The molecule has 1 aliphatic heterocycles. The Morgan fingerprint density at radius 1 is 1.04 bits per heavy atom. The molecule has 4 rings (SSSR count). The Morgan fingerprint density at radius 3 is 2.37 bits per heavy atom. The molecule has 2 amide bonds. The van der Waals surface area contributed by atoms with Gasteiger partial charge in [0.2, 0.25) is 11.8 Å². The van der Waals surface area contributed by atoms with Crippen molar-refractivity contribution in [1.82, 2.24) is 10.2 Å². The highest BCUT2D eigenvalue weighted by molar-refractivity contribution is 9.10. The van der Waals surface area contributed by atoms with E-state index >= 15 is 0 Å². The Kier molecular flexibility index (Phi) is 5.58. The molecule has 27 heavy (non-hydrogen) atoms. The molecule has 146 valence electrons. The SMILES string of the molecule is O=C(C1CCCCC1)N1CCC(NC(=O)C2(c3cccc(Br)c3)CC2)CC1. The number of hydrogen-bond acceptors (Lipinski definition) is 2. The maximum atomic E-state index is 13.0. The first-order chi connectivity index (χ1) is 13.1. The molecule has 0 bridgehead atoms. The van der Waals surface area contributed by atoms with Crippen molar-refractivity contribution in [2.24, 2.45) is 5.92 Å². The molecule has 3 aliphatic rings. The number of rotatable bonds is 4. The van der Waals surface area contributed by atoms with Gasteiger partial charge in [-0.15, -0.1) is 0 Å². The summed E-state index contributed by atoms with van der Waals surface area (Å²) in [6, 6.07) is 8.32. The minimum absolute atomic E-state index is 0.164. The Bertz CT molecular complexity index is 702. The van der Waals surface area contributed by atoms with Crippen molar-refractivity contribution < 1.29 is 9.59 Å². The summed E-state index contributed by atoms with van der Waals surface area (Å²) in [5.41, 5.74) is 0.776. The summed E-state index contributed by atoms with van der Waals surface area (Å²) in [6.07, 6.45) is 9.38. The van der Waals surface area contributed by atoms with E-state index in [0.29, 0.717) is 5.91 Å². The second-order valence-electron chi connectivity index (χ2n) is 8.50. The first kappa shape index (κ1) is 19.0. The van der Waals surface area contributed by atoms with Crippen molar-refractivity contribution in [3.8, 4) is 0 Å². The van der Waals surface area contributed by atoms with Crippen LogP contribution in [-0.2, 0) is 15.0 Å². The van der Waals surface area contributed by atoms with Crippen LogP contribution in [0.4, 0.5) is 0 Å². The molecule has 1 aromatic carbocycles. The molecule has 1 N–H and O–H groups in total. The lowest BCUT2D eigenvalue weighted by atomic mass is 9.87. The predicted octanol–water partition coefficient (Wildman–Crippen LogP) is 4.17. The van der Waals surface area contributed by atoms with Crippen LogP contribution in [0.3, 0.4) is 0 Å². The fourth-order valence-electron chi connectivity index (χ4n) is 4.73. The van der Waals surface area contributed by atoms with Crippen molar-refractivity contribution in [1.29, 1.82) is 0 Å². The number of carbonyl (C=O) groups excluding carboxylic acids is 2.